The molecule has 3 aliphatic heterocycles. The van der Waals surface area contributed by atoms with Crippen LogP contribution in [0.4, 0.5) is 4.39 Å². The number of rotatable bonds is 3. The number of fused-ring (bicyclic) bond motifs is 4. The molecule has 1 saturated carbocycles. The maximum absolute atomic E-state index is 13.5. The van der Waals surface area contributed by atoms with Crippen molar-refractivity contribution < 1.29 is 14.0 Å². The van der Waals surface area contributed by atoms with Crippen LogP contribution < -0.4 is 0 Å². The third-order valence-electron chi connectivity index (χ3n) is 6.17. The molecule has 134 valence electrons. The second kappa shape index (κ2) is 6.43. The summed E-state index contributed by atoms with van der Waals surface area (Å²) in [4.78, 5) is 29.6. The van der Waals surface area contributed by atoms with Crippen LogP contribution in [0, 0.1) is 24.6 Å². The number of aryl methyl sites for hydroxylation is 1. The first kappa shape index (κ1) is 16.6. The Balaban J connectivity index is 1.53. The molecule has 4 nitrogen and oxygen atoms in total. The van der Waals surface area contributed by atoms with Crippen LogP contribution in [-0.2, 0) is 4.79 Å². The molecule has 1 aromatic carbocycles. The average molecular weight is 344 g/mol. The molecule has 3 heterocycles. The molecule has 3 saturated heterocycles. The van der Waals surface area contributed by atoms with E-state index >= 15 is 0 Å². The van der Waals surface area contributed by atoms with Gasteiger partial charge >= 0.3 is 0 Å². The number of carbonyl (C=O) groups excluding carboxylic acids is 2. The summed E-state index contributed by atoms with van der Waals surface area (Å²) >= 11 is 0. The Bertz CT molecular complexity index is 701. The summed E-state index contributed by atoms with van der Waals surface area (Å²) in [5.41, 5.74) is 0.990. The summed E-state index contributed by atoms with van der Waals surface area (Å²) in [6.07, 6.45) is 5.57. The zero-order valence-corrected chi connectivity index (χ0v) is 14.7. The van der Waals surface area contributed by atoms with E-state index in [2.05, 4.69) is 4.90 Å². The molecule has 2 amide bonds. The van der Waals surface area contributed by atoms with Crippen LogP contribution in [0.3, 0.4) is 0 Å². The zero-order chi connectivity index (χ0) is 17.6. The van der Waals surface area contributed by atoms with E-state index in [1.54, 1.807) is 19.1 Å². The molecule has 25 heavy (non-hydrogen) atoms. The number of amides is 2. The average Bonchev–Trinajstić information content (AvgIpc) is 2.84. The number of hydrogen-bond donors (Lipinski definition) is 0. The summed E-state index contributed by atoms with van der Waals surface area (Å²) < 4.78 is 13.5. The van der Waals surface area contributed by atoms with E-state index in [1.165, 1.54) is 25.3 Å². The van der Waals surface area contributed by atoms with Crippen LogP contribution in [0.15, 0.2) is 18.2 Å². The molecule has 4 fully saturated rings. The van der Waals surface area contributed by atoms with Crippen molar-refractivity contribution in [3.8, 4) is 0 Å². The normalized spacial score (nSPS) is 26.6. The van der Waals surface area contributed by atoms with Crippen LogP contribution in [0.2, 0.25) is 0 Å². The fourth-order valence-electron chi connectivity index (χ4n) is 4.36. The van der Waals surface area contributed by atoms with Gasteiger partial charge in [-0.25, -0.2) is 4.39 Å². The van der Waals surface area contributed by atoms with Gasteiger partial charge in [0.15, 0.2) is 0 Å². The minimum atomic E-state index is -0.297. The van der Waals surface area contributed by atoms with Crippen molar-refractivity contribution in [1.82, 2.24) is 9.80 Å². The van der Waals surface area contributed by atoms with Gasteiger partial charge in [-0.3, -0.25) is 9.59 Å². The van der Waals surface area contributed by atoms with Gasteiger partial charge < -0.3 is 9.80 Å². The van der Waals surface area contributed by atoms with Gasteiger partial charge in [0.1, 0.15) is 5.82 Å². The molecule has 0 N–H and O–H groups in total. The van der Waals surface area contributed by atoms with Crippen LogP contribution in [-0.4, -0.2) is 47.3 Å². The zero-order valence-electron chi connectivity index (χ0n) is 14.7. The first-order chi connectivity index (χ1) is 12.0. The van der Waals surface area contributed by atoms with Crippen molar-refractivity contribution in [3.63, 3.8) is 0 Å². The quantitative estimate of drug-likeness (QED) is 0.846. The van der Waals surface area contributed by atoms with E-state index in [0.717, 1.165) is 19.4 Å². The fraction of sp³-hybridized carbons (Fsp3) is 0.600. The molecule has 5 heteroatoms. The van der Waals surface area contributed by atoms with Crippen molar-refractivity contribution >= 4 is 11.8 Å². The third kappa shape index (κ3) is 3.05. The number of piperidine rings is 1. The Morgan fingerprint density at radius 3 is 2.68 bits per heavy atom. The van der Waals surface area contributed by atoms with Crippen LogP contribution >= 0.6 is 0 Å². The molecule has 5 rings (SSSR count). The lowest BCUT2D eigenvalue weighted by Crippen LogP contribution is -2.50. The summed E-state index contributed by atoms with van der Waals surface area (Å²) in [6.45, 7) is 3.62. The Labute approximate surface area is 148 Å². The molecule has 0 unspecified atom stereocenters. The van der Waals surface area contributed by atoms with E-state index < -0.39 is 0 Å². The van der Waals surface area contributed by atoms with Crippen molar-refractivity contribution in [2.75, 3.05) is 19.6 Å². The van der Waals surface area contributed by atoms with Crippen LogP contribution in [0.25, 0.3) is 0 Å². The number of carbonyl (C=O) groups is 2. The molecule has 2 bridgehead atoms. The topological polar surface area (TPSA) is 40.6 Å². The molecule has 0 radical (unpaired) electrons. The molecule has 0 spiro atoms. The van der Waals surface area contributed by atoms with Crippen LogP contribution in [0.1, 0.15) is 48.0 Å². The molecule has 1 aliphatic carbocycles. The van der Waals surface area contributed by atoms with Gasteiger partial charge in [0.25, 0.3) is 5.91 Å². The predicted octanol–water partition coefficient (Wildman–Crippen LogP) is 3.00. The first-order valence-corrected chi connectivity index (χ1v) is 9.39. The maximum atomic E-state index is 13.5. The highest BCUT2D eigenvalue weighted by Crippen LogP contribution is 2.34. The smallest absolute Gasteiger partial charge is 0.253 e. The van der Waals surface area contributed by atoms with Crippen molar-refractivity contribution in [1.29, 1.82) is 0 Å². The van der Waals surface area contributed by atoms with E-state index in [9.17, 15) is 14.0 Å². The third-order valence-corrected chi connectivity index (χ3v) is 6.17. The molecular weight excluding hydrogens is 319 g/mol. The van der Waals surface area contributed by atoms with Crippen molar-refractivity contribution in [2.45, 2.75) is 45.1 Å². The fourth-order valence-corrected chi connectivity index (χ4v) is 4.36. The monoisotopic (exact) mass is 344 g/mol. The van der Waals surface area contributed by atoms with Gasteiger partial charge in [0.05, 0.1) is 5.92 Å². The highest BCUT2D eigenvalue weighted by Gasteiger charge is 2.43. The standard InChI is InChI=1S/C20H25FN2O2/c1-13-9-15(6-8-18(13)21)19(24)22-11-16-5-7-17(12-22)23(20(16)25)10-14-3-2-4-14/h6,8-9,14,16-17H,2-5,7,10-12H2,1H3/t16-,17+/m0/s1. The second-order valence-electron chi connectivity index (χ2n) is 7.89. The van der Waals surface area contributed by atoms with Gasteiger partial charge in [-0.15, -0.1) is 0 Å². The highest BCUT2D eigenvalue weighted by molar-refractivity contribution is 5.95. The largest absolute Gasteiger partial charge is 0.337 e. The number of halogens is 1. The Morgan fingerprint density at radius 1 is 1.20 bits per heavy atom. The SMILES string of the molecule is Cc1cc(C(=O)N2C[C@@H]3CC[C@H](C2)N(CC2CCC2)C3=O)ccc1F. The Morgan fingerprint density at radius 2 is 2.00 bits per heavy atom. The number of nitrogens with zero attached hydrogens (tertiary/aromatic N) is 2. The van der Waals surface area contributed by atoms with E-state index in [0.29, 0.717) is 30.1 Å². The van der Waals surface area contributed by atoms with Crippen molar-refractivity contribution in [2.24, 2.45) is 11.8 Å². The van der Waals surface area contributed by atoms with E-state index in [-0.39, 0.29) is 29.6 Å². The molecular formula is C20H25FN2O2. The Hall–Kier alpha value is -1.91. The summed E-state index contributed by atoms with van der Waals surface area (Å²) in [5.74, 6) is 0.415. The van der Waals surface area contributed by atoms with E-state index in [4.69, 9.17) is 0 Å². The molecule has 2 atom stereocenters. The maximum Gasteiger partial charge on any atom is 0.253 e. The summed E-state index contributed by atoms with van der Waals surface area (Å²) in [7, 11) is 0. The summed E-state index contributed by atoms with van der Waals surface area (Å²) in [5, 5.41) is 0. The van der Waals surface area contributed by atoms with Gasteiger partial charge in [-0.2, -0.15) is 0 Å². The van der Waals surface area contributed by atoms with Crippen LogP contribution in [0.5, 0.6) is 0 Å². The van der Waals surface area contributed by atoms with E-state index in [1.807, 2.05) is 4.90 Å². The second-order valence-corrected chi connectivity index (χ2v) is 7.89. The molecule has 0 aromatic heterocycles. The Kier molecular flexibility index (Phi) is 4.26. The lowest BCUT2D eigenvalue weighted by molar-refractivity contribution is -0.141. The number of benzene rings is 1. The minimum Gasteiger partial charge on any atom is -0.337 e. The minimum absolute atomic E-state index is 0.0793. The highest BCUT2D eigenvalue weighted by atomic mass is 19.1. The summed E-state index contributed by atoms with van der Waals surface area (Å²) in [6, 6.07) is 4.64. The van der Waals surface area contributed by atoms with Gasteiger partial charge in [0.2, 0.25) is 5.91 Å². The van der Waals surface area contributed by atoms with Crippen molar-refractivity contribution in [3.05, 3.63) is 35.1 Å². The van der Waals surface area contributed by atoms with Gasteiger partial charge in [-0.05, 0) is 62.3 Å². The molecule has 4 aliphatic rings. The lowest BCUT2D eigenvalue weighted by atomic mass is 9.83. The van der Waals surface area contributed by atoms with Gasteiger partial charge in [-0.1, -0.05) is 6.42 Å². The number of hydrogen-bond acceptors (Lipinski definition) is 2. The van der Waals surface area contributed by atoms with Gasteiger partial charge in [0, 0.05) is 31.2 Å². The molecule has 1 aromatic rings. The first-order valence-electron chi connectivity index (χ1n) is 9.39. The lowest BCUT2D eigenvalue weighted by Gasteiger charge is -2.40. The predicted molar refractivity (Wildman–Crippen MR) is 92.6 cm³/mol.